The molecule has 0 amide bonds. The number of aromatic nitrogens is 2. The van der Waals surface area contributed by atoms with Gasteiger partial charge in [-0.2, -0.15) is 0 Å². The predicted octanol–water partition coefficient (Wildman–Crippen LogP) is 4.62. The topological polar surface area (TPSA) is 34.9 Å². The van der Waals surface area contributed by atoms with E-state index in [9.17, 15) is 4.79 Å². The van der Waals surface area contributed by atoms with Crippen LogP contribution in [0.4, 0.5) is 0 Å². The molecule has 0 unspecified atom stereocenters. The fourth-order valence-electron chi connectivity index (χ4n) is 3.30. The first-order chi connectivity index (χ1) is 12.3. The second-order valence-corrected chi connectivity index (χ2v) is 5.98. The molecule has 3 heteroatoms. The minimum Gasteiger partial charge on any atom is -0.281 e. The van der Waals surface area contributed by atoms with E-state index in [1.54, 1.807) is 12.4 Å². The molecule has 0 N–H and O–H groups in total. The van der Waals surface area contributed by atoms with E-state index >= 15 is 0 Å². The molecule has 25 heavy (non-hydrogen) atoms. The molecule has 0 aliphatic rings. The SMILES string of the molecule is CCc1cc2cccc(-c3cccnc3)c2c(=O)n1-c1ccccc1. The molecule has 0 aliphatic carbocycles. The van der Waals surface area contributed by atoms with E-state index < -0.39 is 0 Å². The van der Waals surface area contributed by atoms with Crippen LogP contribution < -0.4 is 5.56 Å². The molecule has 2 aromatic carbocycles. The third-order valence-electron chi connectivity index (χ3n) is 4.47. The zero-order valence-electron chi connectivity index (χ0n) is 14.0. The summed E-state index contributed by atoms with van der Waals surface area (Å²) in [5.74, 6) is 0. The molecular weight excluding hydrogens is 308 g/mol. The first-order valence-corrected chi connectivity index (χ1v) is 8.43. The van der Waals surface area contributed by atoms with Crippen molar-refractivity contribution < 1.29 is 0 Å². The molecule has 0 atom stereocenters. The monoisotopic (exact) mass is 326 g/mol. The van der Waals surface area contributed by atoms with Gasteiger partial charge in [0, 0.05) is 29.3 Å². The van der Waals surface area contributed by atoms with Gasteiger partial charge in [0.15, 0.2) is 0 Å². The number of hydrogen-bond donors (Lipinski definition) is 0. The van der Waals surface area contributed by atoms with E-state index in [1.807, 2.05) is 65.2 Å². The molecule has 0 saturated heterocycles. The molecular formula is C22H18N2O. The lowest BCUT2D eigenvalue weighted by Gasteiger charge is -2.15. The Balaban J connectivity index is 2.11. The summed E-state index contributed by atoms with van der Waals surface area (Å²) in [7, 11) is 0. The molecule has 2 heterocycles. The maximum atomic E-state index is 13.4. The van der Waals surface area contributed by atoms with Gasteiger partial charge in [-0.05, 0) is 41.6 Å². The van der Waals surface area contributed by atoms with Crippen molar-refractivity contribution in [1.82, 2.24) is 9.55 Å². The number of hydrogen-bond acceptors (Lipinski definition) is 2. The third kappa shape index (κ3) is 2.64. The lowest BCUT2D eigenvalue weighted by molar-refractivity contribution is 0.889. The lowest BCUT2D eigenvalue weighted by atomic mass is 9.99. The van der Waals surface area contributed by atoms with E-state index in [2.05, 4.69) is 18.0 Å². The van der Waals surface area contributed by atoms with Crippen LogP contribution in [0.25, 0.3) is 27.6 Å². The van der Waals surface area contributed by atoms with Gasteiger partial charge in [0.2, 0.25) is 0 Å². The Hall–Kier alpha value is -3.20. The Morgan fingerprint density at radius 2 is 1.80 bits per heavy atom. The minimum atomic E-state index is 0.0139. The predicted molar refractivity (Wildman–Crippen MR) is 102 cm³/mol. The molecule has 4 rings (SSSR count). The Morgan fingerprint density at radius 3 is 2.52 bits per heavy atom. The van der Waals surface area contributed by atoms with Gasteiger partial charge in [-0.25, -0.2) is 0 Å². The summed E-state index contributed by atoms with van der Waals surface area (Å²) in [6.07, 6.45) is 4.33. The van der Waals surface area contributed by atoms with Crippen LogP contribution in [-0.2, 0) is 6.42 Å². The van der Waals surface area contributed by atoms with Crippen LogP contribution in [0.5, 0.6) is 0 Å². The molecule has 2 aromatic heterocycles. The summed E-state index contributed by atoms with van der Waals surface area (Å²) in [6, 6.07) is 21.8. The van der Waals surface area contributed by atoms with Gasteiger partial charge < -0.3 is 0 Å². The highest BCUT2D eigenvalue weighted by atomic mass is 16.1. The minimum absolute atomic E-state index is 0.0139. The normalized spacial score (nSPS) is 10.9. The second-order valence-electron chi connectivity index (χ2n) is 5.98. The number of fused-ring (bicyclic) bond motifs is 1. The van der Waals surface area contributed by atoms with Crippen molar-refractivity contribution in [3.05, 3.63) is 95.2 Å². The summed E-state index contributed by atoms with van der Waals surface area (Å²) < 4.78 is 1.82. The highest BCUT2D eigenvalue weighted by Gasteiger charge is 2.14. The van der Waals surface area contributed by atoms with Crippen molar-refractivity contribution in [3.63, 3.8) is 0 Å². The smallest absolute Gasteiger partial charge is 0.263 e. The summed E-state index contributed by atoms with van der Waals surface area (Å²) in [5, 5.41) is 1.70. The van der Waals surface area contributed by atoms with Crippen LogP contribution >= 0.6 is 0 Å². The zero-order chi connectivity index (χ0) is 17.2. The molecule has 0 radical (unpaired) electrons. The van der Waals surface area contributed by atoms with Crippen molar-refractivity contribution in [1.29, 1.82) is 0 Å². The Labute approximate surface area is 146 Å². The number of para-hydroxylation sites is 1. The van der Waals surface area contributed by atoms with Gasteiger partial charge >= 0.3 is 0 Å². The Bertz CT molecular complexity index is 1080. The summed E-state index contributed by atoms with van der Waals surface area (Å²) in [4.78, 5) is 17.6. The van der Waals surface area contributed by atoms with E-state index in [0.29, 0.717) is 0 Å². The number of pyridine rings is 2. The maximum Gasteiger partial charge on any atom is 0.263 e. The summed E-state index contributed by atoms with van der Waals surface area (Å²) >= 11 is 0. The number of benzene rings is 2. The summed E-state index contributed by atoms with van der Waals surface area (Å²) in [5.41, 5.74) is 3.79. The molecule has 3 nitrogen and oxygen atoms in total. The van der Waals surface area contributed by atoms with Crippen molar-refractivity contribution in [2.75, 3.05) is 0 Å². The molecule has 0 aliphatic heterocycles. The van der Waals surface area contributed by atoms with E-state index in [-0.39, 0.29) is 5.56 Å². The van der Waals surface area contributed by atoms with E-state index in [0.717, 1.165) is 39.7 Å². The maximum absolute atomic E-state index is 13.4. The van der Waals surface area contributed by atoms with Crippen molar-refractivity contribution >= 4 is 10.8 Å². The van der Waals surface area contributed by atoms with Gasteiger partial charge in [-0.15, -0.1) is 0 Å². The highest BCUT2D eigenvalue weighted by Crippen LogP contribution is 2.27. The van der Waals surface area contributed by atoms with Crippen LogP contribution in [0.3, 0.4) is 0 Å². The molecule has 0 bridgehead atoms. The van der Waals surface area contributed by atoms with Crippen LogP contribution in [0.15, 0.2) is 83.9 Å². The lowest BCUT2D eigenvalue weighted by Crippen LogP contribution is -2.22. The van der Waals surface area contributed by atoms with Crippen LogP contribution in [0.2, 0.25) is 0 Å². The van der Waals surface area contributed by atoms with E-state index in [4.69, 9.17) is 0 Å². The average molecular weight is 326 g/mol. The van der Waals surface area contributed by atoms with Gasteiger partial charge in [-0.1, -0.05) is 49.4 Å². The average Bonchev–Trinajstić information content (AvgIpc) is 2.68. The van der Waals surface area contributed by atoms with Crippen LogP contribution in [0, 0.1) is 0 Å². The molecule has 122 valence electrons. The van der Waals surface area contributed by atoms with Gasteiger partial charge in [0.05, 0.1) is 5.39 Å². The number of rotatable bonds is 3. The van der Waals surface area contributed by atoms with Gasteiger partial charge in [-0.3, -0.25) is 14.3 Å². The number of aryl methyl sites for hydroxylation is 1. The third-order valence-corrected chi connectivity index (χ3v) is 4.47. The van der Waals surface area contributed by atoms with Gasteiger partial charge in [0.25, 0.3) is 5.56 Å². The zero-order valence-corrected chi connectivity index (χ0v) is 14.0. The largest absolute Gasteiger partial charge is 0.281 e. The second kappa shape index (κ2) is 6.36. The van der Waals surface area contributed by atoms with Crippen molar-refractivity contribution in [2.45, 2.75) is 13.3 Å². The molecule has 0 spiro atoms. The Morgan fingerprint density at radius 1 is 0.960 bits per heavy atom. The molecule has 0 saturated carbocycles. The molecule has 4 aromatic rings. The first-order valence-electron chi connectivity index (χ1n) is 8.43. The first kappa shape index (κ1) is 15.3. The van der Waals surface area contributed by atoms with Crippen LogP contribution in [-0.4, -0.2) is 9.55 Å². The highest BCUT2D eigenvalue weighted by molar-refractivity contribution is 5.96. The van der Waals surface area contributed by atoms with Crippen LogP contribution in [0.1, 0.15) is 12.6 Å². The summed E-state index contributed by atoms with van der Waals surface area (Å²) in [6.45, 7) is 2.07. The van der Waals surface area contributed by atoms with Gasteiger partial charge in [0.1, 0.15) is 0 Å². The fraction of sp³-hybridized carbons (Fsp3) is 0.0909. The number of nitrogens with zero attached hydrogens (tertiary/aromatic N) is 2. The Kier molecular flexibility index (Phi) is 3.90. The van der Waals surface area contributed by atoms with Crippen molar-refractivity contribution in [2.24, 2.45) is 0 Å². The quantitative estimate of drug-likeness (QED) is 0.551. The van der Waals surface area contributed by atoms with Crippen molar-refractivity contribution in [3.8, 4) is 16.8 Å². The fourth-order valence-corrected chi connectivity index (χ4v) is 3.30. The van der Waals surface area contributed by atoms with E-state index in [1.165, 1.54) is 0 Å². The molecule has 0 fully saturated rings. The standard InChI is InChI=1S/C22H18N2O/c1-2-18-14-16-8-6-12-20(17-9-7-13-23-15-17)21(16)22(25)24(18)19-10-4-3-5-11-19/h3-15H,2H2,1H3.